The molecule has 8 nitrogen and oxygen atoms in total. The average Bonchev–Trinajstić information content (AvgIpc) is 3.23. The minimum atomic E-state index is -4.04. The fourth-order valence-corrected chi connectivity index (χ4v) is 5.79. The van der Waals surface area contributed by atoms with Crippen LogP contribution in [0.3, 0.4) is 0 Å². The summed E-state index contributed by atoms with van der Waals surface area (Å²) in [6.45, 7) is 0. The molecule has 2 aromatic rings. The van der Waals surface area contributed by atoms with Crippen molar-refractivity contribution in [1.82, 2.24) is 4.90 Å². The molecule has 4 rings (SSSR count). The Bertz CT molecular complexity index is 1040. The van der Waals surface area contributed by atoms with E-state index in [2.05, 4.69) is 0 Å². The molecule has 1 saturated heterocycles. The highest BCUT2D eigenvalue weighted by molar-refractivity contribution is 7.92. The zero-order valence-corrected chi connectivity index (χ0v) is 15.7. The van der Waals surface area contributed by atoms with Crippen LogP contribution in [-0.4, -0.2) is 49.8 Å². The molecule has 0 radical (unpaired) electrons. The summed E-state index contributed by atoms with van der Waals surface area (Å²) in [6.07, 6.45) is -1.77. The van der Waals surface area contributed by atoms with E-state index in [0.717, 1.165) is 16.3 Å². The van der Waals surface area contributed by atoms with Crippen molar-refractivity contribution in [3.8, 4) is 0 Å². The van der Waals surface area contributed by atoms with Gasteiger partial charge in [0.25, 0.3) is 10.0 Å². The van der Waals surface area contributed by atoms with E-state index < -0.39 is 40.2 Å². The summed E-state index contributed by atoms with van der Waals surface area (Å²) in [5.74, 6) is -1.66. The number of rotatable bonds is 3. The minimum absolute atomic E-state index is 0.0639. The van der Waals surface area contributed by atoms with Gasteiger partial charge in [-0.1, -0.05) is 36.4 Å². The predicted molar refractivity (Wildman–Crippen MR) is 99.4 cm³/mol. The number of methoxy groups -OCH3 is 1. The number of ether oxygens (including phenoxy) is 1. The molecule has 28 heavy (non-hydrogen) atoms. The molecule has 2 heterocycles. The molecule has 0 bridgehead atoms. The molecule has 0 spiro atoms. The van der Waals surface area contributed by atoms with Crippen molar-refractivity contribution < 1.29 is 27.9 Å². The molecule has 2 aliphatic rings. The largest absolute Gasteiger partial charge is 0.480 e. The number of aliphatic carboxylic acids is 1. The van der Waals surface area contributed by atoms with E-state index in [4.69, 9.17) is 4.74 Å². The first kappa shape index (κ1) is 18.3. The van der Waals surface area contributed by atoms with Crippen molar-refractivity contribution in [3.63, 3.8) is 0 Å². The van der Waals surface area contributed by atoms with Crippen molar-refractivity contribution in [2.45, 2.75) is 29.4 Å². The van der Waals surface area contributed by atoms with E-state index in [9.17, 15) is 23.1 Å². The molecule has 9 heteroatoms. The van der Waals surface area contributed by atoms with E-state index in [1.807, 2.05) is 0 Å². The lowest BCUT2D eigenvalue weighted by molar-refractivity contribution is -0.142. The Morgan fingerprint density at radius 1 is 1.07 bits per heavy atom. The van der Waals surface area contributed by atoms with Crippen LogP contribution in [0.4, 0.5) is 10.5 Å². The normalized spacial score (nSPS) is 23.2. The monoisotopic (exact) mass is 402 g/mol. The van der Waals surface area contributed by atoms with Gasteiger partial charge >= 0.3 is 12.1 Å². The van der Waals surface area contributed by atoms with E-state index >= 15 is 0 Å². The number of hydrogen-bond acceptors (Lipinski definition) is 5. The summed E-state index contributed by atoms with van der Waals surface area (Å²) in [5.41, 5.74) is 1.14. The van der Waals surface area contributed by atoms with Crippen LogP contribution in [-0.2, 0) is 19.6 Å². The smallest absolute Gasteiger partial charge is 0.411 e. The first-order chi connectivity index (χ1) is 13.4. The quantitative estimate of drug-likeness (QED) is 0.844. The molecule has 0 aliphatic carbocycles. The lowest BCUT2D eigenvalue weighted by Crippen LogP contribution is -2.53. The summed E-state index contributed by atoms with van der Waals surface area (Å²) in [4.78, 5) is 25.3. The third kappa shape index (κ3) is 2.54. The third-order valence-electron chi connectivity index (χ3n) is 5.24. The van der Waals surface area contributed by atoms with E-state index in [0.29, 0.717) is 11.3 Å². The SMILES string of the molecule is COC(=O)N1[C@H](C(=O)O)C[C@@H]2c3ccccc3N(S(=O)(=O)c3ccccc3)[C@@H]21. The first-order valence-electron chi connectivity index (χ1n) is 8.65. The molecule has 2 aliphatic heterocycles. The van der Waals surface area contributed by atoms with Crippen LogP contribution in [0.25, 0.3) is 0 Å². The van der Waals surface area contributed by atoms with Gasteiger partial charge in [-0.3, -0.25) is 4.90 Å². The van der Waals surface area contributed by atoms with Crippen LogP contribution in [0.5, 0.6) is 0 Å². The second-order valence-electron chi connectivity index (χ2n) is 6.66. The van der Waals surface area contributed by atoms with Crippen LogP contribution >= 0.6 is 0 Å². The van der Waals surface area contributed by atoms with Crippen LogP contribution in [0.1, 0.15) is 17.9 Å². The van der Waals surface area contributed by atoms with Crippen LogP contribution in [0, 0.1) is 0 Å². The number of hydrogen-bond donors (Lipinski definition) is 1. The van der Waals surface area contributed by atoms with Gasteiger partial charge < -0.3 is 9.84 Å². The molecule has 0 aromatic heterocycles. The van der Waals surface area contributed by atoms with Gasteiger partial charge in [0.2, 0.25) is 0 Å². The van der Waals surface area contributed by atoms with Crippen molar-refractivity contribution >= 4 is 27.8 Å². The molecule has 1 fully saturated rings. The average molecular weight is 402 g/mol. The number of nitrogens with zero attached hydrogens (tertiary/aromatic N) is 2. The highest BCUT2D eigenvalue weighted by Crippen LogP contribution is 2.51. The number of likely N-dealkylation sites (tertiary alicyclic amines) is 1. The fourth-order valence-electron chi connectivity index (χ4n) is 4.10. The van der Waals surface area contributed by atoms with Gasteiger partial charge in [-0.2, -0.15) is 0 Å². The number of fused-ring (bicyclic) bond motifs is 3. The van der Waals surface area contributed by atoms with Crippen molar-refractivity contribution in [3.05, 3.63) is 60.2 Å². The van der Waals surface area contributed by atoms with Gasteiger partial charge in [-0.15, -0.1) is 0 Å². The lowest BCUT2D eigenvalue weighted by Gasteiger charge is -2.34. The molecule has 0 unspecified atom stereocenters. The molecule has 1 amide bonds. The summed E-state index contributed by atoms with van der Waals surface area (Å²) in [6, 6.07) is 13.6. The number of carbonyl (C=O) groups excluding carboxylic acids is 1. The van der Waals surface area contributed by atoms with Crippen LogP contribution < -0.4 is 4.31 Å². The van der Waals surface area contributed by atoms with Crippen molar-refractivity contribution in [2.24, 2.45) is 0 Å². The standard InChI is InChI=1S/C19H18N2O6S/c1-27-19(24)20-16(18(22)23)11-14-13-9-5-6-10-15(13)21(17(14)20)28(25,26)12-7-3-2-4-8-12/h2-10,14,16-17H,11H2,1H3,(H,22,23)/t14-,16+,17+/m1/s1. The number of carboxylic acid groups (broad SMARTS) is 1. The highest BCUT2D eigenvalue weighted by Gasteiger charge is 2.58. The highest BCUT2D eigenvalue weighted by atomic mass is 32.2. The Kier molecular flexibility index (Phi) is 4.26. The van der Waals surface area contributed by atoms with Crippen molar-refractivity contribution in [2.75, 3.05) is 11.4 Å². The van der Waals surface area contributed by atoms with Gasteiger partial charge in [0.15, 0.2) is 0 Å². The van der Waals surface area contributed by atoms with Crippen LogP contribution in [0.15, 0.2) is 59.5 Å². The number of amides is 1. The zero-order valence-electron chi connectivity index (χ0n) is 14.9. The maximum absolute atomic E-state index is 13.5. The maximum atomic E-state index is 13.5. The van der Waals surface area contributed by atoms with Gasteiger partial charge in [0.1, 0.15) is 12.2 Å². The molecule has 0 saturated carbocycles. The van der Waals surface area contributed by atoms with E-state index in [1.165, 1.54) is 12.1 Å². The van der Waals surface area contributed by atoms with Crippen LogP contribution in [0.2, 0.25) is 0 Å². The predicted octanol–water partition coefficient (Wildman–Crippen LogP) is 2.23. The molecular formula is C19H18N2O6S. The lowest BCUT2D eigenvalue weighted by atomic mass is 9.96. The molecule has 1 N–H and O–H groups in total. The Labute approximate surface area is 162 Å². The number of sulfonamides is 1. The summed E-state index contributed by atoms with van der Waals surface area (Å²) < 4.78 is 32.9. The zero-order chi connectivity index (χ0) is 20.1. The molecular weight excluding hydrogens is 384 g/mol. The maximum Gasteiger partial charge on any atom is 0.411 e. The second kappa shape index (κ2) is 6.52. The van der Waals surface area contributed by atoms with Gasteiger partial charge in [-0.25, -0.2) is 22.3 Å². The van der Waals surface area contributed by atoms with E-state index in [-0.39, 0.29) is 11.3 Å². The number of para-hydroxylation sites is 1. The third-order valence-corrected chi connectivity index (χ3v) is 7.04. The summed E-state index contributed by atoms with van der Waals surface area (Å²) in [7, 11) is -2.89. The Hall–Kier alpha value is -3.07. The molecule has 146 valence electrons. The Morgan fingerprint density at radius 2 is 1.71 bits per heavy atom. The fraction of sp³-hybridized carbons (Fsp3) is 0.263. The summed E-state index contributed by atoms with van der Waals surface area (Å²) in [5, 5.41) is 9.62. The van der Waals surface area contributed by atoms with Gasteiger partial charge in [0, 0.05) is 5.92 Å². The number of carboxylic acids is 1. The minimum Gasteiger partial charge on any atom is -0.480 e. The second-order valence-corrected chi connectivity index (χ2v) is 8.47. The topological polar surface area (TPSA) is 104 Å². The van der Waals surface area contributed by atoms with Crippen molar-refractivity contribution in [1.29, 1.82) is 0 Å². The van der Waals surface area contributed by atoms with Gasteiger partial charge in [0.05, 0.1) is 17.7 Å². The number of carbonyl (C=O) groups is 2. The molecule has 2 aromatic carbocycles. The summed E-state index contributed by atoms with van der Waals surface area (Å²) >= 11 is 0. The van der Waals surface area contributed by atoms with Gasteiger partial charge in [-0.05, 0) is 30.2 Å². The Morgan fingerprint density at radius 3 is 2.36 bits per heavy atom. The number of anilines is 1. The first-order valence-corrected chi connectivity index (χ1v) is 10.1. The Balaban J connectivity index is 1.92. The van der Waals surface area contributed by atoms with E-state index in [1.54, 1.807) is 42.5 Å². The number of benzene rings is 2. The molecule has 3 atom stereocenters.